The Balaban J connectivity index is 2.10. The standard InChI is InChI=1S/C22H25NO6/c1-23(2)21(25)14-29-17-9-7-16(8-10-17)18(24)11-6-15-12-19(26-3)22(28-5)20(13-15)27-4/h6-13H,14H2,1-5H3/b11-6+. The van der Waals surface area contributed by atoms with Gasteiger partial charge in [-0.2, -0.15) is 0 Å². The highest BCUT2D eigenvalue weighted by atomic mass is 16.5. The molecule has 154 valence electrons. The molecule has 29 heavy (non-hydrogen) atoms. The molecular weight excluding hydrogens is 374 g/mol. The topological polar surface area (TPSA) is 74.3 Å². The number of hydrogen-bond donors (Lipinski definition) is 0. The molecule has 0 aliphatic carbocycles. The van der Waals surface area contributed by atoms with Crippen molar-refractivity contribution in [3.63, 3.8) is 0 Å². The van der Waals surface area contributed by atoms with Gasteiger partial charge in [-0.3, -0.25) is 9.59 Å². The van der Waals surface area contributed by atoms with Crippen LogP contribution in [0.25, 0.3) is 6.08 Å². The van der Waals surface area contributed by atoms with Gasteiger partial charge in [0.25, 0.3) is 5.91 Å². The van der Waals surface area contributed by atoms with E-state index in [-0.39, 0.29) is 18.3 Å². The average molecular weight is 399 g/mol. The Kier molecular flexibility index (Phi) is 7.65. The van der Waals surface area contributed by atoms with Gasteiger partial charge in [0.2, 0.25) is 5.75 Å². The molecule has 0 aliphatic heterocycles. The molecule has 0 saturated heterocycles. The summed E-state index contributed by atoms with van der Waals surface area (Å²) < 4.78 is 21.3. The van der Waals surface area contributed by atoms with Crippen molar-refractivity contribution in [1.82, 2.24) is 4.90 Å². The van der Waals surface area contributed by atoms with Crippen LogP contribution in [-0.4, -0.2) is 58.6 Å². The van der Waals surface area contributed by atoms with Crippen LogP contribution in [0.2, 0.25) is 0 Å². The second kappa shape index (κ2) is 10.2. The molecule has 1 amide bonds. The Hall–Kier alpha value is -3.48. The first-order valence-electron chi connectivity index (χ1n) is 8.85. The number of ether oxygens (including phenoxy) is 4. The fourth-order valence-corrected chi connectivity index (χ4v) is 2.46. The van der Waals surface area contributed by atoms with E-state index in [1.165, 1.54) is 32.3 Å². The van der Waals surface area contributed by atoms with Crippen molar-refractivity contribution in [3.05, 3.63) is 53.6 Å². The predicted octanol–water partition coefficient (Wildman–Crippen LogP) is 3.08. The van der Waals surface area contributed by atoms with Crippen LogP contribution in [0.1, 0.15) is 15.9 Å². The molecule has 2 aromatic rings. The number of carbonyl (C=O) groups is 2. The first kappa shape index (κ1) is 21.8. The van der Waals surface area contributed by atoms with E-state index in [4.69, 9.17) is 18.9 Å². The summed E-state index contributed by atoms with van der Waals surface area (Å²) in [6, 6.07) is 10.1. The minimum Gasteiger partial charge on any atom is -0.493 e. The van der Waals surface area contributed by atoms with E-state index in [0.29, 0.717) is 28.6 Å². The van der Waals surface area contributed by atoms with Gasteiger partial charge in [0, 0.05) is 19.7 Å². The van der Waals surface area contributed by atoms with Crippen LogP contribution in [0.15, 0.2) is 42.5 Å². The molecule has 7 nitrogen and oxygen atoms in total. The smallest absolute Gasteiger partial charge is 0.259 e. The van der Waals surface area contributed by atoms with Gasteiger partial charge in [-0.25, -0.2) is 0 Å². The first-order chi connectivity index (χ1) is 13.9. The number of benzene rings is 2. The SMILES string of the molecule is COc1cc(/C=C/C(=O)c2ccc(OCC(=O)N(C)C)cc2)cc(OC)c1OC. The van der Waals surface area contributed by atoms with E-state index < -0.39 is 0 Å². The molecule has 0 aliphatic rings. The van der Waals surface area contributed by atoms with Crippen LogP contribution in [-0.2, 0) is 4.79 Å². The van der Waals surface area contributed by atoms with Crippen molar-refractivity contribution < 1.29 is 28.5 Å². The maximum absolute atomic E-state index is 12.4. The van der Waals surface area contributed by atoms with Crippen LogP contribution in [0, 0.1) is 0 Å². The highest BCUT2D eigenvalue weighted by Crippen LogP contribution is 2.38. The maximum Gasteiger partial charge on any atom is 0.259 e. The predicted molar refractivity (Wildman–Crippen MR) is 110 cm³/mol. The third kappa shape index (κ3) is 5.75. The molecule has 7 heteroatoms. The monoisotopic (exact) mass is 399 g/mol. The minimum absolute atomic E-state index is 0.0542. The lowest BCUT2D eigenvalue weighted by Crippen LogP contribution is -2.27. The number of ketones is 1. The molecule has 0 radical (unpaired) electrons. The van der Waals surface area contributed by atoms with Crippen molar-refractivity contribution in [2.75, 3.05) is 42.0 Å². The lowest BCUT2D eigenvalue weighted by atomic mass is 10.1. The fraction of sp³-hybridized carbons (Fsp3) is 0.273. The molecule has 0 aromatic heterocycles. The van der Waals surface area contributed by atoms with Crippen molar-refractivity contribution in [3.8, 4) is 23.0 Å². The molecule has 0 saturated carbocycles. The third-order valence-corrected chi connectivity index (χ3v) is 4.11. The van der Waals surface area contributed by atoms with Crippen molar-refractivity contribution in [2.24, 2.45) is 0 Å². The molecule has 2 aromatic carbocycles. The van der Waals surface area contributed by atoms with Gasteiger partial charge in [-0.1, -0.05) is 6.08 Å². The highest BCUT2D eigenvalue weighted by molar-refractivity contribution is 6.06. The summed E-state index contributed by atoms with van der Waals surface area (Å²) in [5.41, 5.74) is 1.23. The number of likely N-dealkylation sites (N-methyl/N-ethyl adjacent to an activating group) is 1. The van der Waals surface area contributed by atoms with E-state index in [0.717, 1.165) is 5.56 Å². The van der Waals surface area contributed by atoms with E-state index >= 15 is 0 Å². The van der Waals surface area contributed by atoms with E-state index in [1.807, 2.05) is 0 Å². The zero-order valence-electron chi connectivity index (χ0n) is 17.2. The van der Waals surface area contributed by atoms with Crippen molar-refractivity contribution >= 4 is 17.8 Å². The second-order valence-electron chi connectivity index (χ2n) is 6.26. The van der Waals surface area contributed by atoms with Crippen LogP contribution in [0.5, 0.6) is 23.0 Å². The average Bonchev–Trinajstić information content (AvgIpc) is 2.74. The van der Waals surface area contributed by atoms with E-state index in [2.05, 4.69) is 0 Å². The Bertz CT molecular complexity index is 862. The number of amides is 1. The molecule has 0 unspecified atom stereocenters. The van der Waals surface area contributed by atoms with Crippen molar-refractivity contribution in [2.45, 2.75) is 0 Å². The van der Waals surface area contributed by atoms with Crippen LogP contribution in [0.4, 0.5) is 0 Å². The van der Waals surface area contributed by atoms with Gasteiger partial charge in [-0.15, -0.1) is 0 Å². The van der Waals surface area contributed by atoms with Gasteiger partial charge < -0.3 is 23.8 Å². The largest absolute Gasteiger partial charge is 0.493 e. The van der Waals surface area contributed by atoms with Gasteiger partial charge in [0.15, 0.2) is 23.9 Å². The van der Waals surface area contributed by atoms with Crippen LogP contribution < -0.4 is 18.9 Å². The molecule has 2 rings (SSSR count). The maximum atomic E-state index is 12.4. The summed E-state index contributed by atoms with van der Waals surface area (Å²) in [4.78, 5) is 25.4. The summed E-state index contributed by atoms with van der Waals surface area (Å²) in [6.45, 7) is -0.0542. The Morgan fingerprint density at radius 2 is 1.52 bits per heavy atom. The zero-order valence-corrected chi connectivity index (χ0v) is 17.2. The van der Waals surface area contributed by atoms with Gasteiger partial charge in [0.1, 0.15) is 5.75 Å². The summed E-state index contributed by atoms with van der Waals surface area (Å²) in [6.07, 6.45) is 3.14. The highest BCUT2D eigenvalue weighted by Gasteiger charge is 2.12. The summed E-state index contributed by atoms with van der Waals surface area (Å²) in [5, 5.41) is 0. The summed E-state index contributed by atoms with van der Waals surface area (Å²) in [7, 11) is 7.92. The Morgan fingerprint density at radius 1 is 0.931 bits per heavy atom. The lowest BCUT2D eigenvalue weighted by Gasteiger charge is -2.12. The molecule has 0 heterocycles. The number of carbonyl (C=O) groups excluding carboxylic acids is 2. The minimum atomic E-state index is -0.172. The van der Waals surface area contributed by atoms with E-state index in [9.17, 15) is 9.59 Å². The molecule has 0 fully saturated rings. The van der Waals surface area contributed by atoms with Crippen LogP contribution >= 0.6 is 0 Å². The molecular formula is C22H25NO6. The lowest BCUT2D eigenvalue weighted by molar-refractivity contribution is -0.130. The van der Waals surface area contributed by atoms with Crippen LogP contribution in [0.3, 0.4) is 0 Å². The Labute approximate surface area is 170 Å². The molecule has 0 bridgehead atoms. The number of methoxy groups -OCH3 is 3. The van der Waals surface area contributed by atoms with Gasteiger partial charge >= 0.3 is 0 Å². The number of hydrogen-bond acceptors (Lipinski definition) is 6. The second-order valence-corrected chi connectivity index (χ2v) is 6.26. The van der Waals surface area contributed by atoms with Crippen molar-refractivity contribution in [1.29, 1.82) is 0 Å². The number of nitrogens with zero attached hydrogens (tertiary/aromatic N) is 1. The van der Waals surface area contributed by atoms with E-state index in [1.54, 1.807) is 56.6 Å². The Morgan fingerprint density at radius 3 is 2.00 bits per heavy atom. The third-order valence-electron chi connectivity index (χ3n) is 4.11. The van der Waals surface area contributed by atoms with Gasteiger partial charge in [-0.05, 0) is 48.0 Å². The molecule has 0 spiro atoms. The normalized spacial score (nSPS) is 10.5. The summed E-state index contributed by atoms with van der Waals surface area (Å²) in [5.74, 6) is 1.71. The fourth-order valence-electron chi connectivity index (χ4n) is 2.46. The number of allylic oxidation sites excluding steroid dienone is 1. The summed E-state index contributed by atoms with van der Waals surface area (Å²) >= 11 is 0. The van der Waals surface area contributed by atoms with Gasteiger partial charge in [0.05, 0.1) is 21.3 Å². The molecule has 0 atom stereocenters. The molecule has 0 N–H and O–H groups in total. The number of rotatable bonds is 9. The first-order valence-corrected chi connectivity index (χ1v) is 8.85. The zero-order chi connectivity index (χ0) is 21.4. The quantitative estimate of drug-likeness (QED) is 0.477.